The minimum Gasteiger partial charge on any atom is -0.103 e. The molecule has 60 valence electrons. The van der Waals surface area contributed by atoms with Crippen LogP contribution in [0.2, 0.25) is 0 Å². The summed E-state index contributed by atoms with van der Waals surface area (Å²) in [5, 5.41) is 0. The van der Waals surface area contributed by atoms with Crippen LogP contribution in [0.15, 0.2) is 12.7 Å². The van der Waals surface area contributed by atoms with Gasteiger partial charge in [0.25, 0.3) is 0 Å². The van der Waals surface area contributed by atoms with E-state index in [1.165, 1.54) is 32.1 Å². The van der Waals surface area contributed by atoms with Gasteiger partial charge in [0.15, 0.2) is 0 Å². The summed E-state index contributed by atoms with van der Waals surface area (Å²) < 4.78 is 0. The average molecular weight is 140 g/mol. The normalized spacial score (nSPS) is 13.0. The smallest absolute Gasteiger partial charge is 0.0328 e. The SMILES string of the molecule is C=CCC(C)CCCCC. The molecule has 0 rings (SSSR count). The van der Waals surface area contributed by atoms with Crippen LogP contribution < -0.4 is 0 Å². The van der Waals surface area contributed by atoms with Gasteiger partial charge in [-0.05, 0) is 12.3 Å². The maximum Gasteiger partial charge on any atom is -0.0328 e. The first kappa shape index (κ1) is 9.74. The molecule has 0 aromatic rings. The minimum absolute atomic E-state index is 0.851. The summed E-state index contributed by atoms with van der Waals surface area (Å²) in [5.74, 6) is 0.851. The molecule has 0 radical (unpaired) electrons. The fraction of sp³-hybridized carbons (Fsp3) is 0.800. The second-order valence-electron chi connectivity index (χ2n) is 3.13. The van der Waals surface area contributed by atoms with Gasteiger partial charge in [-0.15, -0.1) is 6.58 Å². The summed E-state index contributed by atoms with van der Waals surface area (Å²) in [4.78, 5) is 0. The fourth-order valence-electron chi connectivity index (χ4n) is 1.15. The molecular formula is C10H20. The third-order valence-electron chi connectivity index (χ3n) is 1.87. The molecule has 10 heavy (non-hydrogen) atoms. The summed E-state index contributed by atoms with van der Waals surface area (Å²) in [6.45, 7) is 8.28. The second-order valence-corrected chi connectivity index (χ2v) is 3.13. The van der Waals surface area contributed by atoms with Gasteiger partial charge >= 0.3 is 0 Å². The van der Waals surface area contributed by atoms with Crippen molar-refractivity contribution in [1.82, 2.24) is 0 Å². The van der Waals surface area contributed by atoms with E-state index in [9.17, 15) is 0 Å². The molecule has 0 saturated heterocycles. The highest BCUT2D eigenvalue weighted by atomic mass is 14.0. The van der Waals surface area contributed by atoms with Crippen molar-refractivity contribution in [3.05, 3.63) is 12.7 Å². The van der Waals surface area contributed by atoms with Crippen molar-refractivity contribution in [2.45, 2.75) is 46.0 Å². The molecule has 1 atom stereocenters. The van der Waals surface area contributed by atoms with E-state index in [-0.39, 0.29) is 0 Å². The van der Waals surface area contributed by atoms with Gasteiger partial charge in [0.05, 0.1) is 0 Å². The summed E-state index contributed by atoms with van der Waals surface area (Å²) in [7, 11) is 0. The van der Waals surface area contributed by atoms with E-state index in [1.54, 1.807) is 0 Å². The van der Waals surface area contributed by atoms with Gasteiger partial charge in [-0.1, -0.05) is 45.6 Å². The second kappa shape index (κ2) is 6.85. The highest BCUT2D eigenvalue weighted by Gasteiger charge is 1.97. The van der Waals surface area contributed by atoms with Crippen LogP contribution in [0.5, 0.6) is 0 Å². The van der Waals surface area contributed by atoms with Crippen LogP contribution in [-0.2, 0) is 0 Å². The Balaban J connectivity index is 3.04. The first-order valence-electron chi connectivity index (χ1n) is 4.42. The van der Waals surface area contributed by atoms with Crippen molar-refractivity contribution in [2.75, 3.05) is 0 Å². The molecule has 0 aliphatic rings. The number of unbranched alkanes of at least 4 members (excludes halogenated alkanes) is 2. The molecule has 0 heterocycles. The summed E-state index contributed by atoms with van der Waals surface area (Å²) >= 11 is 0. The molecule has 0 aliphatic heterocycles. The standard InChI is InChI=1S/C10H20/c1-4-6-7-9-10(3)8-5-2/h5,10H,2,4,6-9H2,1,3H3. The van der Waals surface area contributed by atoms with E-state index in [0.29, 0.717) is 0 Å². The van der Waals surface area contributed by atoms with Crippen LogP contribution in [-0.4, -0.2) is 0 Å². The molecule has 1 unspecified atom stereocenters. The van der Waals surface area contributed by atoms with Crippen LogP contribution in [0.25, 0.3) is 0 Å². The van der Waals surface area contributed by atoms with E-state index in [4.69, 9.17) is 0 Å². The van der Waals surface area contributed by atoms with Crippen molar-refractivity contribution in [3.63, 3.8) is 0 Å². The number of hydrogen-bond acceptors (Lipinski definition) is 0. The molecular weight excluding hydrogens is 120 g/mol. The predicted octanol–water partition coefficient (Wildman–Crippen LogP) is 3.78. The van der Waals surface area contributed by atoms with Crippen molar-refractivity contribution < 1.29 is 0 Å². The van der Waals surface area contributed by atoms with Gasteiger partial charge in [-0.25, -0.2) is 0 Å². The minimum atomic E-state index is 0.851. The zero-order valence-corrected chi connectivity index (χ0v) is 7.40. The zero-order chi connectivity index (χ0) is 7.82. The number of rotatable bonds is 6. The first-order valence-corrected chi connectivity index (χ1v) is 4.42. The molecule has 0 aromatic carbocycles. The quantitative estimate of drug-likeness (QED) is 0.389. The fourth-order valence-corrected chi connectivity index (χ4v) is 1.15. The monoisotopic (exact) mass is 140 g/mol. The summed E-state index contributed by atoms with van der Waals surface area (Å²) in [5.41, 5.74) is 0. The van der Waals surface area contributed by atoms with Crippen molar-refractivity contribution in [1.29, 1.82) is 0 Å². The van der Waals surface area contributed by atoms with E-state index in [0.717, 1.165) is 5.92 Å². The van der Waals surface area contributed by atoms with Gasteiger partial charge in [0, 0.05) is 0 Å². The Morgan fingerprint density at radius 2 is 2.10 bits per heavy atom. The highest BCUT2D eigenvalue weighted by Crippen LogP contribution is 2.12. The van der Waals surface area contributed by atoms with E-state index in [2.05, 4.69) is 20.4 Å². The number of hydrogen-bond donors (Lipinski definition) is 0. The van der Waals surface area contributed by atoms with Gasteiger partial charge in [-0.3, -0.25) is 0 Å². The first-order chi connectivity index (χ1) is 4.81. The molecule has 0 spiro atoms. The van der Waals surface area contributed by atoms with Crippen LogP contribution in [0.3, 0.4) is 0 Å². The largest absolute Gasteiger partial charge is 0.103 e. The molecule has 0 fully saturated rings. The highest BCUT2D eigenvalue weighted by molar-refractivity contribution is 4.70. The van der Waals surface area contributed by atoms with E-state index in [1.807, 2.05) is 6.08 Å². The van der Waals surface area contributed by atoms with Crippen LogP contribution in [0.4, 0.5) is 0 Å². The van der Waals surface area contributed by atoms with Crippen molar-refractivity contribution in [3.8, 4) is 0 Å². The Bertz CT molecular complexity index is 74.1. The molecule has 0 heteroatoms. The Kier molecular flexibility index (Phi) is 6.68. The lowest BCUT2D eigenvalue weighted by Gasteiger charge is -2.06. The van der Waals surface area contributed by atoms with Crippen LogP contribution in [0.1, 0.15) is 46.0 Å². The molecule has 0 nitrogen and oxygen atoms in total. The van der Waals surface area contributed by atoms with E-state index < -0.39 is 0 Å². The molecule has 0 aliphatic carbocycles. The van der Waals surface area contributed by atoms with Gasteiger partial charge in [-0.2, -0.15) is 0 Å². The molecule has 0 saturated carbocycles. The van der Waals surface area contributed by atoms with Crippen molar-refractivity contribution in [2.24, 2.45) is 5.92 Å². The Labute approximate surface area is 65.3 Å². The zero-order valence-electron chi connectivity index (χ0n) is 7.40. The Morgan fingerprint density at radius 3 is 2.60 bits per heavy atom. The maximum absolute atomic E-state index is 3.73. The van der Waals surface area contributed by atoms with Gasteiger partial charge < -0.3 is 0 Å². The average Bonchev–Trinajstić information content (AvgIpc) is 1.89. The maximum atomic E-state index is 3.73. The predicted molar refractivity (Wildman–Crippen MR) is 48.1 cm³/mol. The topological polar surface area (TPSA) is 0 Å². The third kappa shape index (κ3) is 5.87. The summed E-state index contributed by atoms with van der Waals surface area (Å²) in [6.07, 6.45) is 8.70. The van der Waals surface area contributed by atoms with Crippen molar-refractivity contribution >= 4 is 0 Å². The summed E-state index contributed by atoms with van der Waals surface area (Å²) in [6, 6.07) is 0. The number of allylic oxidation sites excluding steroid dienone is 1. The lowest BCUT2D eigenvalue weighted by atomic mass is 10.0. The third-order valence-corrected chi connectivity index (χ3v) is 1.87. The lowest BCUT2D eigenvalue weighted by Crippen LogP contribution is -1.91. The molecule has 0 amide bonds. The van der Waals surface area contributed by atoms with Gasteiger partial charge in [0.1, 0.15) is 0 Å². The molecule has 0 bridgehead atoms. The van der Waals surface area contributed by atoms with Crippen LogP contribution in [0, 0.1) is 5.92 Å². The van der Waals surface area contributed by atoms with Crippen LogP contribution >= 0.6 is 0 Å². The van der Waals surface area contributed by atoms with E-state index >= 15 is 0 Å². The Morgan fingerprint density at radius 1 is 1.40 bits per heavy atom. The van der Waals surface area contributed by atoms with Gasteiger partial charge in [0.2, 0.25) is 0 Å². The Hall–Kier alpha value is -0.260. The molecule has 0 aromatic heterocycles. The lowest BCUT2D eigenvalue weighted by molar-refractivity contribution is 0.501. The molecule has 0 N–H and O–H groups in total.